The predicted octanol–water partition coefficient (Wildman–Crippen LogP) is 2.58. The lowest BCUT2D eigenvalue weighted by Crippen LogP contribution is -2.45. The zero-order valence-corrected chi connectivity index (χ0v) is 16.6. The van der Waals surface area contributed by atoms with E-state index in [1.165, 1.54) is 4.88 Å². The SMILES string of the molecule is CC(C)NC(=O)NC(=O)[C@H](C)Sc1nc2sc3c(c2c(=O)[nH]1)CCCC3. The van der Waals surface area contributed by atoms with Gasteiger partial charge in [0.2, 0.25) is 5.91 Å². The van der Waals surface area contributed by atoms with Crippen molar-refractivity contribution in [2.24, 2.45) is 0 Å². The quantitative estimate of drug-likeness (QED) is 0.546. The molecule has 0 fully saturated rings. The number of amides is 3. The molecule has 0 bridgehead atoms. The average molecular weight is 395 g/mol. The fraction of sp³-hybridized carbons (Fsp3) is 0.529. The number of hydrogen-bond donors (Lipinski definition) is 3. The Morgan fingerprint density at radius 3 is 2.69 bits per heavy atom. The van der Waals surface area contributed by atoms with Crippen LogP contribution in [0, 0.1) is 0 Å². The topological polar surface area (TPSA) is 104 Å². The van der Waals surface area contributed by atoms with Gasteiger partial charge in [0.05, 0.1) is 10.6 Å². The van der Waals surface area contributed by atoms with E-state index in [0.717, 1.165) is 47.8 Å². The number of aryl methyl sites for hydroxylation is 2. The van der Waals surface area contributed by atoms with Crippen molar-refractivity contribution in [2.75, 3.05) is 0 Å². The van der Waals surface area contributed by atoms with E-state index in [4.69, 9.17) is 0 Å². The maximum Gasteiger partial charge on any atom is 0.321 e. The molecular weight excluding hydrogens is 372 g/mol. The van der Waals surface area contributed by atoms with Crippen LogP contribution in [0.15, 0.2) is 9.95 Å². The third-order valence-corrected chi connectivity index (χ3v) is 6.29. The van der Waals surface area contributed by atoms with Crippen LogP contribution in [0.3, 0.4) is 0 Å². The fourth-order valence-corrected chi connectivity index (χ4v) is 5.05. The second kappa shape index (κ2) is 7.79. The number of hydrogen-bond acceptors (Lipinski definition) is 6. The van der Waals surface area contributed by atoms with Gasteiger partial charge in [0.15, 0.2) is 5.16 Å². The number of aromatic amines is 1. The van der Waals surface area contributed by atoms with Crippen LogP contribution in [0.25, 0.3) is 10.2 Å². The Labute approximate surface area is 159 Å². The predicted molar refractivity (Wildman–Crippen MR) is 104 cm³/mol. The van der Waals surface area contributed by atoms with Crippen molar-refractivity contribution >= 4 is 45.3 Å². The van der Waals surface area contributed by atoms with Crippen LogP contribution in [-0.2, 0) is 17.6 Å². The highest BCUT2D eigenvalue weighted by Gasteiger charge is 2.22. The van der Waals surface area contributed by atoms with Crippen LogP contribution in [0.1, 0.15) is 44.1 Å². The van der Waals surface area contributed by atoms with Crippen molar-refractivity contribution in [3.05, 3.63) is 20.8 Å². The number of nitrogens with zero attached hydrogens (tertiary/aromatic N) is 1. The van der Waals surface area contributed by atoms with Gasteiger partial charge in [0, 0.05) is 10.9 Å². The maximum atomic E-state index is 12.5. The second-order valence-electron chi connectivity index (χ2n) is 6.64. The Morgan fingerprint density at radius 1 is 1.23 bits per heavy atom. The van der Waals surface area contributed by atoms with Crippen LogP contribution < -0.4 is 16.2 Å². The molecule has 2 heterocycles. The van der Waals surface area contributed by atoms with E-state index < -0.39 is 17.2 Å². The monoisotopic (exact) mass is 394 g/mol. The molecule has 2 aromatic rings. The number of H-pyrrole nitrogens is 1. The molecular formula is C17H22N4O3S2. The lowest BCUT2D eigenvalue weighted by atomic mass is 9.97. The molecule has 3 N–H and O–H groups in total. The first-order chi connectivity index (χ1) is 12.3. The Balaban J connectivity index is 1.75. The van der Waals surface area contributed by atoms with Gasteiger partial charge in [0.1, 0.15) is 4.83 Å². The Morgan fingerprint density at radius 2 is 1.96 bits per heavy atom. The number of rotatable bonds is 4. The Bertz CT molecular complexity index is 903. The van der Waals surface area contributed by atoms with Gasteiger partial charge in [-0.2, -0.15) is 0 Å². The van der Waals surface area contributed by atoms with Gasteiger partial charge in [-0.25, -0.2) is 9.78 Å². The van der Waals surface area contributed by atoms with Gasteiger partial charge in [-0.1, -0.05) is 11.8 Å². The molecule has 3 amide bonds. The van der Waals surface area contributed by atoms with E-state index in [1.54, 1.807) is 18.3 Å². The molecule has 0 aromatic carbocycles. The highest BCUT2D eigenvalue weighted by atomic mass is 32.2. The summed E-state index contributed by atoms with van der Waals surface area (Å²) in [6, 6.07) is -0.587. The van der Waals surface area contributed by atoms with Gasteiger partial charge in [-0.3, -0.25) is 14.9 Å². The highest BCUT2D eigenvalue weighted by molar-refractivity contribution is 8.00. The number of carbonyl (C=O) groups excluding carboxylic acids is 2. The molecule has 0 spiro atoms. The molecule has 0 saturated carbocycles. The molecule has 3 rings (SSSR count). The lowest BCUT2D eigenvalue weighted by Gasteiger charge is -2.13. The number of urea groups is 1. The number of fused-ring (bicyclic) bond motifs is 3. The molecule has 1 atom stereocenters. The number of carbonyl (C=O) groups is 2. The molecule has 2 aromatic heterocycles. The zero-order chi connectivity index (χ0) is 18.8. The van der Waals surface area contributed by atoms with Gasteiger partial charge >= 0.3 is 6.03 Å². The summed E-state index contributed by atoms with van der Waals surface area (Å²) in [5.41, 5.74) is 0.986. The summed E-state index contributed by atoms with van der Waals surface area (Å²) in [6.07, 6.45) is 4.18. The maximum absolute atomic E-state index is 12.5. The van der Waals surface area contributed by atoms with E-state index >= 15 is 0 Å². The van der Waals surface area contributed by atoms with Crippen LogP contribution >= 0.6 is 23.1 Å². The third kappa shape index (κ3) is 4.09. The summed E-state index contributed by atoms with van der Waals surface area (Å²) < 4.78 is 0. The Kier molecular flexibility index (Phi) is 5.67. The molecule has 7 nitrogen and oxygen atoms in total. The van der Waals surface area contributed by atoms with Gasteiger partial charge < -0.3 is 10.3 Å². The minimum Gasteiger partial charge on any atom is -0.336 e. The first kappa shape index (κ1) is 18.9. The average Bonchev–Trinajstić information content (AvgIpc) is 2.92. The standard InChI is InChI=1S/C17H22N4O3S2/c1-8(2)18-16(24)19-13(22)9(3)25-17-20-14(23)12-10-6-4-5-7-11(10)26-15(12)21-17/h8-9H,4-7H2,1-3H3,(H,20,21,23)(H2,18,19,22,24)/t9-/m0/s1. The van der Waals surface area contributed by atoms with E-state index in [2.05, 4.69) is 20.6 Å². The van der Waals surface area contributed by atoms with Crippen molar-refractivity contribution in [3.8, 4) is 0 Å². The second-order valence-corrected chi connectivity index (χ2v) is 9.05. The van der Waals surface area contributed by atoms with Crippen LogP contribution in [0.2, 0.25) is 0 Å². The number of thioether (sulfide) groups is 1. The molecule has 0 unspecified atom stereocenters. The van der Waals surface area contributed by atoms with Crippen LogP contribution in [0.5, 0.6) is 0 Å². The van der Waals surface area contributed by atoms with Gasteiger partial charge in [0.25, 0.3) is 5.56 Å². The minimum absolute atomic E-state index is 0.0592. The summed E-state index contributed by atoms with van der Waals surface area (Å²) in [5.74, 6) is -0.429. The van der Waals surface area contributed by atoms with Crippen LogP contribution in [-0.4, -0.2) is 33.2 Å². The van der Waals surface area contributed by atoms with Gasteiger partial charge in [-0.15, -0.1) is 11.3 Å². The summed E-state index contributed by atoms with van der Waals surface area (Å²) in [4.78, 5) is 45.6. The molecule has 1 aliphatic carbocycles. The minimum atomic E-state index is -0.567. The van der Waals surface area contributed by atoms with Crippen molar-refractivity contribution in [1.82, 2.24) is 20.6 Å². The van der Waals surface area contributed by atoms with Crippen molar-refractivity contribution in [1.29, 1.82) is 0 Å². The van der Waals surface area contributed by atoms with E-state index in [1.807, 2.05) is 13.8 Å². The number of nitrogens with one attached hydrogen (secondary N) is 3. The normalized spacial score (nSPS) is 14.9. The summed E-state index contributed by atoms with van der Waals surface area (Å²) in [6.45, 7) is 5.30. The summed E-state index contributed by atoms with van der Waals surface area (Å²) in [7, 11) is 0. The third-order valence-electron chi connectivity index (χ3n) is 4.12. The molecule has 1 aliphatic rings. The summed E-state index contributed by atoms with van der Waals surface area (Å²) in [5, 5.41) is 5.42. The molecule has 0 saturated heterocycles. The smallest absolute Gasteiger partial charge is 0.321 e. The highest BCUT2D eigenvalue weighted by Crippen LogP contribution is 2.34. The number of imide groups is 1. The van der Waals surface area contributed by atoms with Crippen molar-refractivity contribution < 1.29 is 9.59 Å². The Hall–Kier alpha value is -1.87. The molecule has 9 heteroatoms. The molecule has 0 radical (unpaired) electrons. The van der Waals surface area contributed by atoms with E-state index in [0.29, 0.717) is 10.5 Å². The summed E-state index contributed by atoms with van der Waals surface area (Å²) >= 11 is 2.71. The zero-order valence-electron chi connectivity index (χ0n) is 15.0. The van der Waals surface area contributed by atoms with Crippen molar-refractivity contribution in [3.63, 3.8) is 0 Å². The molecule has 140 valence electrons. The lowest BCUT2D eigenvalue weighted by molar-refractivity contribution is -0.119. The largest absolute Gasteiger partial charge is 0.336 e. The van der Waals surface area contributed by atoms with Crippen molar-refractivity contribution in [2.45, 2.75) is 62.9 Å². The van der Waals surface area contributed by atoms with E-state index in [-0.39, 0.29) is 11.6 Å². The molecule has 0 aliphatic heterocycles. The van der Waals surface area contributed by atoms with Crippen LogP contribution in [0.4, 0.5) is 4.79 Å². The fourth-order valence-electron chi connectivity index (χ4n) is 2.93. The van der Waals surface area contributed by atoms with E-state index in [9.17, 15) is 14.4 Å². The first-order valence-electron chi connectivity index (χ1n) is 8.67. The molecule has 26 heavy (non-hydrogen) atoms. The van der Waals surface area contributed by atoms with Gasteiger partial charge in [-0.05, 0) is 52.0 Å². The first-order valence-corrected chi connectivity index (χ1v) is 10.4. The number of aromatic nitrogens is 2. The number of thiophene rings is 1.